The van der Waals surface area contributed by atoms with E-state index in [0.29, 0.717) is 11.8 Å². The number of aliphatic hydroxyl groups is 1. The highest BCUT2D eigenvalue weighted by Gasteiger charge is 2.09. The van der Waals surface area contributed by atoms with Gasteiger partial charge < -0.3 is 5.11 Å². The number of alkyl halides is 1. The Bertz CT molecular complexity index is 86.1. The van der Waals surface area contributed by atoms with E-state index in [0.717, 1.165) is 0 Å². The molecule has 1 unspecified atom stereocenters. The Morgan fingerprint density at radius 1 is 1.88 bits per heavy atom. The summed E-state index contributed by atoms with van der Waals surface area (Å²) in [6, 6.07) is 0. The maximum atomic E-state index is 10.0. The molecule has 0 aromatic rings. The minimum Gasteiger partial charge on any atom is -0.384 e. The summed E-state index contributed by atoms with van der Waals surface area (Å²) in [5.41, 5.74) is 0. The SMILES string of the molecule is O=C(Cl)C(O)CCBr. The summed E-state index contributed by atoms with van der Waals surface area (Å²) < 4.78 is 0. The second-order valence-corrected chi connectivity index (χ2v) is 2.46. The van der Waals surface area contributed by atoms with Crippen molar-refractivity contribution in [2.24, 2.45) is 0 Å². The Hall–Kier alpha value is 0.400. The Morgan fingerprint density at radius 3 is 2.50 bits per heavy atom. The van der Waals surface area contributed by atoms with E-state index < -0.39 is 11.3 Å². The third-order valence-electron chi connectivity index (χ3n) is 0.645. The van der Waals surface area contributed by atoms with E-state index in [1.165, 1.54) is 0 Å². The summed E-state index contributed by atoms with van der Waals surface area (Å²) in [5.74, 6) is 0. The molecule has 0 aromatic carbocycles. The zero-order valence-electron chi connectivity index (χ0n) is 4.10. The second kappa shape index (κ2) is 4.30. The molecule has 8 heavy (non-hydrogen) atoms. The van der Waals surface area contributed by atoms with Gasteiger partial charge in [-0.15, -0.1) is 0 Å². The monoisotopic (exact) mass is 200 g/mol. The molecule has 0 bridgehead atoms. The first-order chi connectivity index (χ1) is 3.68. The van der Waals surface area contributed by atoms with Crippen molar-refractivity contribution in [2.45, 2.75) is 12.5 Å². The molecule has 1 atom stereocenters. The van der Waals surface area contributed by atoms with Crippen LogP contribution in [0.1, 0.15) is 6.42 Å². The molecule has 0 heterocycles. The quantitative estimate of drug-likeness (QED) is 0.544. The maximum absolute atomic E-state index is 10.0. The molecule has 0 rings (SSSR count). The van der Waals surface area contributed by atoms with Crippen LogP contribution in [0.4, 0.5) is 0 Å². The number of carbonyl (C=O) groups is 1. The van der Waals surface area contributed by atoms with Crippen LogP contribution in [0, 0.1) is 0 Å². The summed E-state index contributed by atoms with van der Waals surface area (Å²) in [4.78, 5) is 10.0. The number of hydrogen-bond donors (Lipinski definition) is 1. The fourth-order valence-electron chi connectivity index (χ4n) is 0.217. The first-order valence-electron chi connectivity index (χ1n) is 2.12. The van der Waals surface area contributed by atoms with Crippen LogP contribution >= 0.6 is 27.5 Å². The molecular formula is C4H6BrClO2. The second-order valence-electron chi connectivity index (χ2n) is 1.30. The van der Waals surface area contributed by atoms with E-state index in [-0.39, 0.29) is 0 Å². The highest BCUT2D eigenvalue weighted by Crippen LogP contribution is 1.98. The first-order valence-corrected chi connectivity index (χ1v) is 3.61. The van der Waals surface area contributed by atoms with Crippen molar-refractivity contribution in [3.05, 3.63) is 0 Å². The zero-order chi connectivity index (χ0) is 6.57. The molecule has 0 saturated carbocycles. The molecule has 0 amide bonds. The van der Waals surface area contributed by atoms with Gasteiger partial charge in [0.05, 0.1) is 0 Å². The van der Waals surface area contributed by atoms with Crippen LogP contribution in [0.25, 0.3) is 0 Å². The van der Waals surface area contributed by atoms with Gasteiger partial charge in [-0.2, -0.15) is 0 Å². The van der Waals surface area contributed by atoms with Gasteiger partial charge in [-0.25, -0.2) is 0 Å². The minimum atomic E-state index is -1.00. The van der Waals surface area contributed by atoms with E-state index in [2.05, 4.69) is 15.9 Å². The normalized spacial score (nSPS) is 13.4. The average Bonchev–Trinajstić information content (AvgIpc) is 1.67. The molecule has 0 aliphatic heterocycles. The van der Waals surface area contributed by atoms with Crippen molar-refractivity contribution in [3.63, 3.8) is 0 Å². The minimum absolute atomic E-state index is 0.377. The summed E-state index contributed by atoms with van der Waals surface area (Å²) in [6.45, 7) is 0. The van der Waals surface area contributed by atoms with Crippen molar-refractivity contribution in [2.75, 3.05) is 5.33 Å². The molecule has 1 N–H and O–H groups in total. The van der Waals surface area contributed by atoms with E-state index in [1.54, 1.807) is 0 Å². The molecule has 0 aromatic heterocycles. The van der Waals surface area contributed by atoms with Crippen molar-refractivity contribution < 1.29 is 9.90 Å². The van der Waals surface area contributed by atoms with Crippen LogP contribution in [0.3, 0.4) is 0 Å². The molecule has 0 aliphatic rings. The van der Waals surface area contributed by atoms with Crippen molar-refractivity contribution in [1.82, 2.24) is 0 Å². The lowest BCUT2D eigenvalue weighted by Gasteiger charge is -1.98. The van der Waals surface area contributed by atoms with Gasteiger partial charge in [-0.1, -0.05) is 15.9 Å². The summed E-state index contributed by atoms with van der Waals surface area (Å²) in [7, 11) is 0. The molecular weight excluding hydrogens is 195 g/mol. The van der Waals surface area contributed by atoms with Crippen molar-refractivity contribution >= 4 is 32.8 Å². The molecule has 0 saturated heterocycles. The van der Waals surface area contributed by atoms with Crippen LogP contribution < -0.4 is 0 Å². The van der Waals surface area contributed by atoms with Gasteiger partial charge in [0.15, 0.2) is 0 Å². The lowest BCUT2D eigenvalue weighted by Crippen LogP contribution is -2.14. The smallest absolute Gasteiger partial charge is 0.250 e. The Labute approximate surface area is 61.0 Å². The zero-order valence-corrected chi connectivity index (χ0v) is 6.44. The van der Waals surface area contributed by atoms with E-state index in [9.17, 15) is 4.79 Å². The van der Waals surface area contributed by atoms with E-state index in [1.807, 2.05) is 0 Å². The van der Waals surface area contributed by atoms with Gasteiger partial charge in [-0.05, 0) is 18.0 Å². The van der Waals surface area contributed by atoms with Gasteiger partial charge in [0.2, 0.25) is 5.24 Å². The van der Waals surface area contributed by atoms with Gasteiger partial charge in [0.1, 0.15) is 6.10 Å². The summed E-state index contributed by atoms with van der Waals surface area (Å²) >= 11 is 7.94. The summed E-state index contributed by atoms with van der Waals surface area (Å²) in [6.07, 6.45) is -0.626. The predicted octanol–water partition coefficient (Wildman–Crippen LogP) is 0.898. The molecule has 2 nitrogen and oxygen atoms in total. The van der Waals surface area contributed by atoms with Crippen LogP contribution in [0.15, 0.2) is 0 Å². The number of rotatable bonds is 3. The third-order valence-corrected chi connectivity index (χ3v) is 1.35. The van der Waals surface area contributed by atoms with Gasteiger partial charge >= 0.3 is 0 Å². The summed E-state index contributed by atoms with van der Waals surface area (Å²) in [5, 5.41) is 8.51. The molecule has 0 radical (unpaired) electrons. The Kier molecular flexibility index (Phi) is 4.51. The van der Waals surface area contributed by atoms with Gasteiger partial charge in [0.25, 0.3) is 0 Å². The third kappa shape index (κ3) is 3.41. The lowest BCUT2D eigenvalue weighted by atomic mass is 10.3. The topological polar surface area (TPSA) is 37.3 Å². The predicted molar refractivity (Wildman–Crippen MR) is 35.3 cm³/mol. The molecule has 0 fully saturated rings. The van der Waals surface area contributed by atoms with Crippen molar-refractivity contribution in [1.29, 1.82) is 0 Å². The largest absolute Gasteiger partial charge is 0.384 e. The molecule has 48 valence electrons. The number of halogens is 2. The molecule has 0 aliphatic carbocycles. The fourth-order valence-corrected chi connectivity index (χ4v) is 0.760. The number of hydrogen-bond acceptors (Lipinski definition) is 2. The lowest BCUT2D eigenvalue weighted by molar-refractivity contribution is -0.119. The fraction of sp³-hybridized carbons (Fsp3) is 0.750. The van der Waals surface area contributed by atoms with Gasteiger partial charge in [0, 0.05) is 5.33 Å². The number of aliphatic hydroxyl groups excluding tert-OH is 1. The van der Waals surface area contributed by atoms with Gasteiger partial charge in [-0.3, -0.25) is 4.79 Å². The van der Waals surface area contributed by atoms with Crippen LogP contribution in [0.2, 0.25) is 0 Å². The van der Waals surface area contributed by atoms with E-state index in [4.69, 9.17) is 16.7 Å². The van der Waals surface area contributed by atoms with Crippen molar-refractivity contribution in [3.8, 4) is 0 Å². The first kappa shape index (κ1) is 8.40. The Balaban J connectivity index is 3.32. The van der Waals surface area contributed by atoms with E-state index >= 15 is 0 Å². The highest BCUT2D eigenvalue weighted by atomic mass is 79.9. The van der Waals surface area contributed by atoms with Crippen LogP contribution in [-0.2, 0) is 4.79 Å². The van der Waals surface area contributed by atoms with Crippen LogP contribution in [0.5, 0.6) is 0 Å². The Morgan fingerprint density at radius 2 is 2.38 bits per heavy atom. The van der Waals surface area contributed by atoms with Crippen LogP contribution in [-0.4, -0.2) is 21.8 Å². The molecule has 4 heteroatoms. The molecule has 0 spiro atoms. The maximum Gasteiger partial charge on any atom is 0.250 e. The standard InChI is InChI=1S/C4H6BrClO2/c5-2-1-3(7)4(6)8/h3,7H,1-2H2. The number of carbonyl (C=O) groups excluding carboxylic acids is 1. The average molecular weight is 201 g/mol. The highest BCUT2D eigenvalue weighted by molar-refractivity contribution is 9.09.